The molecule has 1 aliphatic rings. The first-order valence-electron chi connectivity index (χ1n) is 9.72. The summed E-state index contributed by atoms with van der Waals surface area (Å²) < 4.78 is 12.7. The van der Waals surface area contributed by atoms with E-state index in [9.17, 15) is 19.2 Å². The maximum Gasteiger partial charge on any atom is 0.331 e. The first-order chi connectivity index (χ1) is 15.4. The summed E-state index contributed by atoms with van der Waals surface area (Å²) in [5, 5.41) is 2.90. The molecule has 0 bridgehead atoms. The third-order valence-electron chi connectivity index (χ3n) is 4.86. The van der Waals surface area contributed by atoms with Crippen LogP contribution in [0.1, 0.15) is 18.2 Å². The second-order valence-corrected chi connectivity index (χ2v) is 7.88. The smallest absolute Gasteiger partial charge is 0.331 e. The van der Waals surface area contributed by atoms with E-state index in [1.165, 1.54) is 12.3 Å². The van der Waals surface area contributed by atoms with Crippen molar-refractivity contribution in [3.63, 3.8) is 0 Å². The molecular formula is C22H18BrN3O6. The highest BCUT2D eigenvalue weighted by Gasteiger charge is 2.36. The van der Waals surface area contributed by atoms with Gasteiger partial charge in [-0.1, -0.05) is 15.9 Å². The van der Waals surface area contributed by atoms with Gasteiger partial charge in [-0.25, -0.2) is 4.79 Å². The number of imide groups is 2. The monoisotopic (exact) mass is 499 g/mol. The van der Waals surface area contributed by atoms with Crippen LogP contribution in [-0.2, 0) is 32.2 Å². The van der Waals surface area contributed by atoms with E-state index in [4.69, 9.17) is 9.15 Å². The fraction of sp³-hybridized carbons (Fsp3) is 0.182. The van der Waals surface area contributed by atoms with Crippen molar-refractivity contribution in [2.24, 2.45) is 0 Å². The molecule has 1 aliphatic heterocycles. The lowest BCUT2D eigenvalue weighted by Gasteiger charge is -2.25. The minimum atomic E-state index is -0.818. The zero-order chi connectivity index (χ0) is 22.8. The second kappa shape index (κ2) is 8.83. The van der Waals surface area contributed by atoms with E-state index in [-0.39, 0.29) is 25.3 Å². The number of rotatable bonds is 6. The predicted octanol–water partition coefficient (Wildman–Crippen LogP) is 3.22. The second-order valence-electron chi connectivity index (χ2n) is 6.97. The molecule has 3 aromatic rings. The van der Waals surface area contributed by atoms with Gasteiger partial charge in [-0.2, -0.15) is 0 Å². The van der Waals surface area contributed by atoms with Gasteiger partial charge >= 0.3 is 12.0 Å². The Hall–Kier alpha value is -3.66. The molecule has 0 atom stereocenters. The molecule has 10 heteroatoms. The Morgan fingerprint density at radius 1 is 1.25 bits per heavy atom. The van der Waals surface area contributed by atoms with Gasteiger partial charge in [-0.05, 0) is 43.3 Å². The Balaban J connectivity index is 1.74. The number of hydrogen-bond acceptors (Lipinski definition) is 6. The lowest BCUT2D eigenvalue weighted by Crippen LogP contribution is -2.53. The van der Waals surface area contributed by atoms with Crippen LogP contribution in [0.4, 0.5) is 4.79 Å². The largest absolute Gasteiger partial charge is 0.467 e. The van der Waals surface area contributed by atoms with E-state index < -0.39 is 23.8 Å². The van der Waals surface area contributed by atoms with Crippen LogP contribution in [0.3, 0.4) is 0 Å². The number of halogens is 1. The number of esters is 1. The molecule has 32 heavy (non-hydrogen) atoms. The van der Waals surface area contributed by atoms with E-state index in [2.05, 4.69) is 21.2 Å². The topological polar surface area (TPSA) is 111 Å². The number of fused-ring (bicyclic) bond motifs is 1. The zero-order valence-electron chi connectivity index (χ0n) is 17.0. The third-order valence-corrected chi connectivity index (χ3v) is 5.35. The average molecular weight is 500 g/mol. The fourth-order valence-electron chi connectivity index (χ4n) is 3.44. The number of benzene rings is 1. The van der Waals surface area contributed by atoms with Gasteiger partial charge < -0.3 is 13.7 Å². The van der Waals surface area contributed by atoms with Crippen molar-refractivity contribution < 1.29 is 28.3 Å². The van der Waals surface area contributed by atoms with Crippen molar-refractivity contribution >= 4 is 56.7 Å². The number of furan rings is 1. The summed E-state index contributed by atoms with van der Waals surface area (Å²) in [6.45, 7) is 1.84. The highest BCUT2D eigenvalue weighted by atomic mass is 79.9. The minimum absolute atomic E-state index is 0.0294. The predicted molar refractivity (Wildman–Crippen MR) is 117 cm³/mol. The van der Waals surface area contributed by atoms with Gasteiger partial charge in [0, 0.05) is 27.1 Å². The Labute approximate surface area is 190 Å². The van der Waals surface area contributed by atoms with Crippen molar-refractivity contribution in [1.82, 2.24) is 14.8 Å². The molecular weight excluding hydrogens is 482 g/mol. The summed E-state index contributed by atoms with van der Waals surface area (Å²) in [5.41, 5.74) is 1.06. The molecule has 2 aromatic heterocycles. The molecule has 0 saturated carbocycles. The van der Waals surface area contributed by atoms with Gasteiger partial charge in [-0.3, -0.25) is 24.6 Å². The van der Waals surface area contributed by atoms with Crippen LogP contribution >= 0.6 is 15.9 Å². The molecule has 0 aliphatic carbocycles. The minimum Gasteiger partial charge on any atom is -0.467 e. The standard InChI is InChI=1S/C22H18BrN3O6/c1-2-31-19(27)12-25-10-13(16-9-14(23)5-6-18(16)25)8-17-20(28)24-22(30)26(21(17)29)11-15-4-3-7-32-15/h3-10H,2,11-12H2,1H3,(H,24,28,30)/b17-8+. The van der Waals surface area contributed by atoms with Crippen LogP contribution in [-0.4, -0.2) is 39.9 Å². The van der Waals surface area contributed by atoms with E-state index >= 15 is 0 Å². The summed E-state index contributed by atoms with van der Waals surface area (Å²) in [6, 6.07) is 7.90. The Morgan fingerprint density at radius 3 is 2.78 bits per heavy atom. The molecule has 4 amide bonds. The number of hydrogen-bond donors (Lipinski definition) is 1. The third kappa shape index (κ3) is 4.22. The number of barbiturate groups is 1. The van der Waals surface area contributed by atoms with Crippen molar-refractivity contribution in [2.75, 3.05) is 6.61 Å². The van der Waals surface area contributed by atoms with Crippen molar-refractivity contribution in [1.29, 1.82) is 0 Å². The van der Waals surface area contributed by atoms with Gasteiger partial charge in [0.05, 0.1) is 19.4 Å². The first kappa shape index (κ1) is 21.6. The lowest BCUT2D eigenvalue weighted by molar-refractivity contribution is -0.143. The molecule has 1 N–H and O–H groups in total. The number of carbonyl (C=O) groups excluding carboxylic acids is 4. The van der Waals surface area contributed by atoms with Crippen LogP contribution in [0, 0.1) is 0 Å². The molecule has 9 nitrogen and oxygen atoms in total. The maximum absolute atomic E-state index is 13.0. The van der Waals surface area contributed by atoms with Crippen LogP contribution in [0.15, 0.2) is 57.3 Å². The number of amides is 4. The lowest BCUT2D eigenvalue weighted by atomic mass is 10.1. The van der Waals surface area contributed by atoms with Crippen molar-refractivity contribution in [2.45, 2.75) is 20.0 Å². The number of ether oxygens (including phenoxy) is 1. The quantitative estimate of drug-likeness (QED) is 0.316. The molecule has 1 fully saturated rings. The summed E-state index contributed by atoms with van der Waals surface area (Å²) >= 11 is 3.42. The summed E-state index contributed by atoms with van der Waals surface area (Å²) in [4.78, 5) is 50.6. The number of carbonyl (C=O) groups is 4. The molecule has 0 radical (unpaired) electrons. The van der Waals surface area contributed by atoms with E-state index in [1.807, 2.05) is 18.2 Å². The summed E-state index contributed by atoms with van der Waals surface area (Å²) in [6.07, 6.45) is 4.50. The highest BCUT2D eigenvalue weighted by molar-refractivity contribution is 9.10. The van der Waals surface area contributed by atoms with Gasteiger partial charge in [0.2, 0.25) is 0 Å². The molecule has 4 rings (SSSR count). The maximum atomic E-state index is 13.0. The molecule has 164 valence electrons. The highest BCUT2D eigenvalue weighted by Crippen LogP contribution is 2.28. The van der Waals surface area contributed by atoms with E-state index in [1.54, 1.807) is 29.8 Å². The van der Waals surface area contributed by atoms with Gasteiger partial charge in [0.1, 0.15) is 17.9 Å². The van der Waals surface area contributed by atoms with Crippen LogP contribution in [0.2, 0.25) is 0 Å². The molecule has 3 heterocycles. The Morgan fingerprint density at radius 2 is 2.06 bits per heavy atom. The van der Waals surface area contributed by atoms with Crippen LogP contribution < -0.4 is 5.32 Å². The van der Waals surface area contributed by atoms with Crippen molar-refractivity contribution in [3.8, 4) is 0 Å². The zero-order valence-corrected chi connectivity index (χ0v) is 18.5. The normalized spacial score (nSPS) is 15.5. The van der Waals surface area contributed by atoms with Gasteiger partial charge in [0.15, 0.2) is 0 Å². The van der Waals surface area contributed by atoms with E-state index in [0.29, 0.717) is 16.7 Å². The Bertz CT molecular complexity index is 1260. The Kier molecular flexibility index (Phi) is 5.95. The molecule has 0 spiro atoms. The number of urea groups is 1. The first-order valence-corrected chi connectivity index (χ1v) is 10.5. The number of nitrogens with zero attached hydrogens (tertiary/aromatic N) is 2. The van der Waals surface area contributed by atoms with Crippen molar-refractivity contribution in [3.05, 3.63) is 64.2 Å². The fourth-order valence-corrected chi connectivity index (χ4v) is 3.80. The molecule has 1 aromatic carbocycles. The average Bonchev–Trinajstić information content (AvgIpc) is 3.37. The number of nitrogens with one attached hydrogen (secondary N) is 1. The SMILES string of the molecule is CCOC(=O)Cn1cc(/C=C2\C(=O)NC(=O)N(Cc3ccco3)C2=O)c2cc(Br)ccc21. The number of aromatic nitrogens is 1. The summed E-state index contributed by atoms with van der Waals surface area (Å²) in [7, 11) is 0. The molecule has 0 unspecified atom stereocenters. The van der Waals surface area contributed by atoms with Gasteiger partial charge in [-0.15, -0.1) is 0 Å². The van der Waals surface area contributed by atoms with Crippen LogP contribution in [0.5, 0.6) is 0 Å². The van der Waals surface area contributed by atoms with E-state index in [0.717, 1.165) is 14.9 Å². The summed E-state index contributed by atoms with van der Waals surface area (Å²) in [5.74, 6) is -1.54. The van der Waals surface area contributed by atoms with Crippen LogP contribution in [0.25, 0.3) is 17.0 Å². The van der Waals surface area contributed by atoms with Gasteiger partial charge in [0.25, 0.3) is 11.8 Å². The molecule has 1 saturated heterocycles.